The zero-order valence-electron chi connectivity index (χ0n) is 8.26. The highest BCUT2D eigenvalue weighted by atomic mass is 16.5. The van der Waals surface area contributed by atoms with E-state index in [1.165, 1.54) is 0 Å². The van der Waals surface area contributed by atoms with E-state index < -0.39 is 0 Å². The van der Waals surface area contributed by atoms with Crippen molar-refractivity contribution in [1.82, 2.24) is 9.97 Å². The molecule has 0 unspecified atom stereocenters. The Morgan fingerprint density at radius 1 is 1.13 bits per heavy atom. The van der Waals surface area contributed by atoms with E-state index in [1.54, 1.807) is 18.5 Å². The highest BCUT2D eigenvalue weighted by molar-refractivity contribution is 5.20. The van der Waals surface area contributed by atoms with Crippen LogP contribution in [0.3, 0.4) is 0 Å². The van der Waals surface area contributed by atoms with Gasteiger partial charge in [-0.1, -0.05) is 12.1 Å². The Balaban J connectivity index is 1.81. The molecule has 3 heteroatoms. The van der Waals surface area contributed by atoms with Crippen LogP contribution in [0.5, 0.6) is 5.75 Å². The van der Waals surface area contributed by atoms with Crippen molar-refractivity contribution in [3.63, 3.8) is 0 Å². The predicted octanol–water partition coefficient (Wildman–Crippen LogP) is 1.90. The molecule has 1 radical (unpaired) electrons. The normalized spacial score (nSPS) is 9.87. The SMILES string of the molecule is [c]1ccc(OCCc2ncccn2)cc1. The molecular weight excluding hydrogens is 188 g/mol. The van der Waals surface area contributed by atoms with Gasteiger partial charge in [-0.15, -0.1) is 0 Å². The molecular formula is C12H11N2O. The molecule has 75 valence electrons. The van der Waals surface area contributed by atoms with Gasteiger partial charge in [-0.25, -0.2) is 9.97 Å². The summed E-state index contributed by atoms with van der Waals surface area (Å²) in [5.41, 5.74) is 0. The summed E-state index contributed by atoms with van der Waals surface area (Å²) in [4.78, 5) is 8.23. The van der Waals surface area contributed by atoms with Crippen molar-refractivity contribution in [2.75, 3.05) is 6.61 Å². The van der Waals surface area contributed by atoms with Gasteiger partial charge in [0.15, 0.2) is 0 Å². The standard InChI is InChI=1S/C12H11N2O/c1-2-5-11(6-3-1)15-10-7-12-13-8-4-9-14-12/h2-6,8-9H,7,10H2. The fraction of sp³-hybridized carbons (Fsp3) is 0.167. The molecule has 0 saturated carbocycles. The molecule has 1 aromatic carbocycles. The molecule has 15 heavy (non-hydrogen) atoms. The third-order valence-electron chi connectivity index (χ3n) is 1.90. The summed E-state index contributed by atoms with van der Waals surface area (Å²) in [5, 5.41) is 0. The quantitative estimate of drug-likeness (QED) is 0.754. The van der Waals surface area contributed by atoms with Gasteiger partial charge >= 0.3 is 0 Å². The van der Waals surface area contributed by atoms with Crippen LogP contribution in [-0.4, -0.2) is 16.6 Å². The number of nitrogens with zero attached hydrogens (tertiary/aromatic N) is 2. The highest BCUT2D eigenvalue weighted by Crippen LogP contribution is 2.07. The van der Waals surface area contributed by atoms with Crippen molar-refractivity contribution in [3.05, 3.63) is 54.6 Å². The molecule has 1 aromatic heterocycles. The Bertz CT molecular complexity index is 349. The molecule has 0 aliphatic rings. The zero-order valence-corrected chi connectivity index (χ0v) is 8.26. The molecule has 0 bridgehead atoms. The Morgan fingerprint density at radius 2 is 1.87 bits per heavy atom. The maximum atomic E-state index is 5.51. The van der Waals surface area contributed by atoms with Crippen LogP contribution in [0.2, 0.25) is 0 Å². The zero-order chi connectivity index (χ0) is 10.3. The minimum Gasteiger partial charge on any atom is -0.493 e. The lowest BCUT2D eigenvalue weighted by Gasteiger charge is -2.04. The summed E-state index contributed by atoms with van der Waals surface area (Å²) >= 11 is 0. The van der Waals surface area contributed by atoms with Gasteiger partial charge in [-0.05, 0) is 24.3 Å². The van der Waals surface area contributed by atoms with Crippen LogP contribution < -0.4 is 4.74 Å². The van der Waals surface area contributed by atoms with E-state index in [0.717, 1.165) is 18.0 Å². The largest absolute Gasteiger partial charge is 0.493 e. The van der Waals surface area contributed by atoms with Gasteiger partial charge in [0, 0.05) is 18.8 Å². The van der Waals surface area contributed by atoms with Crippen molar-refractivity contribution in [2.24, 2.45) is 0 Å². The van der Waals surface area contributed by atoms with Crippen LogP contribution in [0.1, 0.15) is 5.82 Å². The second kappa shape index (κ2) is 5.10. The summed E-state index contributed by atoms with van der Waals surface area (Å²) in [6.45, 7) is 0.591. The lowest BCUT2D eigenvalue weighted by Crippen LogP contribution is -2.04. The molecule has 0 fully saturated rings. The average molecular weight is 199 g/mol. The molecule has 0 aliphatic carbocycles. The van der Waals surface area contributed by atoms with E-state index in [1.807, 2.05) is 24.3 Å². The fourth-order valence-corrected chi connectivity index (χ4v) is 1.19. The Morgan fingerprint density at radius 3 is 2.60 bits per heavy atom. The van der Waals surface area contributed by atoms with E-state index in [2.05, 4.69) is 16.0 Å². The van der Waals surface area contributed by atoms with E-state index in [9.17, 15) is 0 Å². The Kier molecular flexibility index (Phi) is 3.28. The molecule has 0 saturated heterocycles. The molecule has 0 amide bonds. The van der Waals surface area contributed by atoms with Crippen molar-refractivity contribution in [2.45, 2.75) is 6.42 Å². The molecule has 3 nitrogen and oxygen atoms in total. The Hall–Kier alpha value is -1.90. The van der Waals surface area contributed by atoms with Crippen molar-refractivity contribution < 1.29 is 4.74 Å². The summed E-state index contributed by atoms with van der Waals surface area (Å²) in [5.74, 6) is 1.66. The molecule has 2 aromatic rings. The average Bonchev–Trinajstić information content (AvgIpc) is 2.32. The van der Waals surface area contributed by atoms with Gasteiger partial charge < -0.3 is 4.74 Å². The van der Waals surface area contributed by atoms with Gasteiger partial charge in [-0.2, -0.15) is 0 Å². The first-order chi connectivity index (χ1) is 7.45. The summed E-state index contributed by atoms with van der Waals surface area (Å²) in [6, 6.07) is 12.2. The number of hydrogen-bond acceptors (Lipinski definition) is 3. The second-order valence-electron chi connectivity index (χ2n) is 3.00. The third kappa shape index (κ3) is 3.06. The van der Waals surface area contributed by atoms with Gasteiger partial charge in [0.25, 0.3) is 0 Å². The number of aromatic nitrogens is 2. The van der Waals surface area contributed by atoms with Crippen molar-refractivity contribution >= 4 is 0 Å². The first-order valence-corrected chi connectivity index (χ1v) is 4.80. The maximum Gasteiger partial charge on any atom is 0.131 e. The number of ether oxygens (including phenoxy) is 1. The monoisotopic (exact) mass is 199 g/mol. The van der Waals surface area contributed by atoms with Gasteiger partial charge in [0.1, 0.15) is 11.6 Å². The topological polar surface area (TPSA) is 35.0 Å². The highest BCUT2D eigenvalue weighted by Gasteiger charge is 1.95. The van der Waals surface area contributed by atoms with Crippen LogP contribution in [0.15, 0.2) is 42.7 Å². The van der Waals surface area contributed by atoms with Crippen LogP contribution in [-0.2, 0) is 6.42 Å². The van der Waals surface area contributed by atoms with Crippen LogP contribution in [0.25, 0.3) is 0 Å². The van der Waals surface area contributed by atoms with E-state index in [0.29, 0.717) is 6.61 Å². The maximum absolute atomic E-state index is 5.51. The number of rotatable bonds is 4. The minimum absolute atomic E-state index is 0.591. The summed E-state index contributed by atoms with van der Waals surface area (Å²) < 4.78 is 5.51. The summed E-state index contributed by atoms with van der Waals surface area (Å²) in [7, 11) is 0. The molecule has 0 atom stereocenters. The first kappa shape index (κ1) is 9.65. The molecule has 0 spiro atoms. The first-order valence-electron chi connectivity index (χ1n) is 4.80. The molecule has 0 aliphatic heterocycles. The van der Waals surface area contributed by atoms with Crippen molar-refractivity contribution in [1.29, 1.82) is 0 Å². The van der Waals surface area contributed by atoms with E-state index >= 15 is 0 Å². The van der Waals surface area contributed by atoms with Crippen molar-refractivity contribution in [3.8, 4) is 5.75 Å². The lowest BCUT2D eigenvalue weighted by molar-refractivity contribution is 0.319. The van der Waals surface area contributed by atoms with Gasteiger partial charge in [-0.3, -0.25) is 0 Å². The molecule has 2 rings (SSSR count). The number of benzene rings is 1. The van der Waals surface area contributed by atoms with Gasteiger partial charge in [0.05, 0.1) is 6.61 Å². The smallest absolute Gasteiger partial charge is 0.131 e. The third-order valence-corrected chi connectivity index (χ3v) is 1.90. The van der Waals surface area contributed by atoms with E-state index in [4.69, 9.17) is 4.74 Å². The molecule has 1 heterocycles. The van der Waals surface area contributed by atoms with E-state index in [-0.39, 0.29) is 0 Å². The van der Waals surface area contributed by atoms with Gasteiger partial charge in [0.2, 0.25) is 0 Å². The predicted molar refractivity (Wildman–Crippen MR) is 56.5 cm³/mol. The molecule has 0 N–H and O–H groups in total. The van der Waals surface area contributed by atoms with Crippen LogP contribution in [0.4, 0.5) is 0 Å². The minimum atomic E-state index is 0.591. The lowest BCUT2D eigenvalue weighted by atomic mass is 10.3. The van der Waals surface area contributed by atoms with Crippen LogP contribution >= 0.6 is 0 Å². The Labute approximate surface area is 88.8 Å². The van der Waals surface area contributed by atoms with Crippen LogP contribution in [0, 0.1) is 6.07 Å². The number of hydrogen-bond donors (Lipinski definition) is 0. The fourth-order valence-electron chi connectivity index (χ4n) is 1.19. The second-order valence-corrected chi connectivity index (χ2v) is 3.00. The summed E-state index contributed by atoms with van der Waals surface area (Å²) in [6.07, 6.45) is 4.19.